The van der Waals surface area contributed by atoms with Gasteiger partial charge < -0.3 is 9.47 Å². The summed E-state index contributed by atoms with van der Waals surface area (Å²) in [6, 6.07) is 7.14. The molecule has 26 heavy (non-hydrogen) atoms. The molecule has 2 aromatic rings. The smallest absolute Gasteiger partial charge is 0.429 e. The summed E-state index contributed by atoms with van der Waals surface area (Å²) in [4.78, 5) is 28.6. The van der Waals surface area contributed by atoms with Crippen LogP contribution < -0.4 is 5.43 Å². The Morgan fingerprint density at radius 1 is 1.15 bits per heavy atom. The Labute approximate surface area is 157 Å². The van der Waals surface area contributed by atoms with Crippen LogP contribution in [0, 0.1) is 0 Å². The third-order valence-electron chi connectivity index (χ3n) is 3.26. The molecule has 2 rings (SSSR count). The van der Waals surface area contributed by atoms with E-state index in [2.05, 4.69) is 10.4 Å². The van der Waals surface area contributed by atoms with Crippen LogP contribution >= 0.6 is 11.6 Å². The normalized spacial score (nSPS) is 10.9. The summed E-state index contributed by atoms with van der Waals surface area (Å²) >= 11 is 6.20. The average molecular weight is 380 g/mol. The average Bonchev–Trinajstić information content (AvgIpc) is 2.53. The SMILES string of the molecule is CC(C)OC(=O)NN(Cc1cccc2c(Cl)ccnc12)C(=O)OC(C)C. The first-order valence-corrected chi connectivity index (χ1v) is 8.63. The first kappa shape index (κ1) is 19.8. The second-order valence-electron chi connectivity index (χ2n) is 6.19. The maximum Gasteiger partial charge on any atom is 0.429 e. The number of carbonyl (C=O) groups is 2. The molecule has 0 atom stereocenters. The van der Waals surface area contributed by atoms with Gasteiger partial charge in [0, 0.05) is 17.1 Å². The Balaban J connectivity index is 2.30. The molecule has 0 saturated carbocycles. The zero-order valence-corrected chi connectivity index (χ0v) is 15.9. The van der Waals surface area contributed by atoms with Crippen molar-refractivity contribution in [3.8, 4) is 0 Å². The van der Waals surface area contributed by atoms with E-state index in [0.29, 0.717) is 16.1 Å². The van der Waals surface area contributed by atoms with Gasteiger partial charge in [-0.25, -0.2) is 20.0 Å². The summed E-state index contributed by atoms with van der Waals surface area (Å²) in [5.74, 6) is 0. The van der Waals surface area contributed by atoms with E-state index in [-0.39, 0.29) is 18.8 Å². The number of benzene rings is 1. The van der Waals surface area contributed by atoms with Crippen LogP contribution in [-0.2, 0) is 16.0 Å². The molecule has 1 aromatic carbocycles. The molecule has 0 aliphatic heterocycles. The number of rotatable bonds is 4. The van der Waals surface area contributed by atoms with Crippen LogP contribution in [0.5, 0.6) is 0 Å². The molecule has 0 unspecified atom stereocenters. The molecule has 0 radical (unpaired) electrons. The molecular weight excluding hydrogens is 358 g/mol. The molecule has 0 bridgehead atoms. The molecule has 1 aromatic heterocycles. The zero-order chi connectivity index (χ0) is 19.3. The number of hydrogen-bond donors (Lipinski definition) is 1. The van der Waals surface area contributed by atoms with E-state index in [9.17, 15) is 9.59 Å². The predicted molar refractivity (Wildman–Crippen MR) is 98.7 cm³/mol. The Kier molecular flexibility index (Phi) is 6.63. The molecular formula is C18H22ClN3O4. The summed E-state index contributed by atoms with van der Waals surface area (Å²) in [6.45, 7) is 6.92. The highest BCUT2D eigenvalue weighted by Crippen LogP contribution is 2.24. The molecule has 0 aliphatic carbocycles. The van der Waals surface area contributed by atoms with Crippen molar-refractivity contribution in [3.63, 3.8) is 0 Å². The Morgan fingerprint density at radius 3 is 2.50 bits per heavy atom. The van der Waals surface area contributed by atoms with Gasteiger partial charge in [-0.3, -0.25) is 4.98 Å². The van der Waals surface area contributed by atoms with Gasteiger partial charge in [-0.15, -0.1) is 0 Å². The number of fused-ring (bicyclic) bond motifs is 1. The number of para-hydroxylation sites is 1. The van der Waals surface area contributed by atoms with Crippen LogP contribution in [0.1, 0.15) is 33.3 Å². The number of nitrogens with one attached hydrogen (secondary N) is 1. The maximum atomic E-state index is 12.4. The van der Waals surface area contributed by atoms with Crippen molar-refractivity contribution in [1.82, 2.24) is 15.4 Å². The quantitative estimate of drug-likeness (QED) is 0.801. The monoisotopic (exact) mass is 379 g/mol. The number of amides is 2. The third kappa shape index (κ3) is 5.23. The molecule has 140 valence electrons. The van der Waals surface area contributed by atoms with Gasteiger partial charge in [0.2, 0.25) is 0 Å². The Bertz CT molecular complexity index is 795. The van der Waals surface area contributed by atoms with Gasteiger partial charge in [-0.2, -0.15) is 0 Å². The number of pyridine rings is 1. The molecule has 0 aliphatic rings. The van der Waals surface area contributed by atoms with Crippen molar-refractivity contribution < 1.29 is 19.1 Å². The molecule has 1 N–H and O–H groups in total. The highest BCUT2D eigenvalue weighted by Gasteiger charge is 2.22. The molecule has 2 amide bonds. The van der Waals surface area contributed by atoms with Crippen molar-refractivity contribution in [3.05, 3.63) is 41.0 Å². The molecule has 1 heterocycles. The highest BCUT2D eigenvalue weighted by atomic mass is 35.5. The molecule has 0 spiro atoms. The number of halogens is 1. The highest BCUT2D eigenvalue weighted by molar-refractivity contribution is 6.35. The summed E-state index contributed by atoms with van der Waals surface area (Å²) in [7, 11) is 0. The number of nitrogens with zero attached hydrogens (tertiary/aromatic N) is 2. The third-order valence-corrected chi connectivity index (χ3v) is 3.59. The minimum Gasteiger partial charge on any atom is -0.446 e. The largest absolute Gasteiger partial charge is 0.446 e. The lowest BCUT2D eigenvalue weighted by molar-refractivity contribution is 0.0445. The van der Waals surface area contributed by atoms with Gasteiger partial charge in [0.25, 0.3) is 0 Å². The Morgan fingerprint density at radius 2 is 1.85 bits per heavy atom. The summed E-state index contributed by atoms with van der Waals surface area (Å²) in [5, 5.41) is 2.37. The lowest BCUT2D eigenvalue weighted by Crippen LogP contribution is -2.47. The fourth-order valence-electron chi connectivity index (χ4n) is 2.27. The van der Waals surface area contributed by atoms with E-state index in [0.717, 1.165) is 10.4 Å². The minimum absolute atomic E-state index is 0.0451. The van der Waals surface area contributed by atoms with E-state index < -0.39 is 12.2 Å². The number of aromatic nitrogens is 1. The van der Waals surface area contributed by atoms with Crippen molar-refractivity contribution in [2.24, 2.45) is 0 Å². The second kappa shape index (κ2) is 8.71. The van der Waals surface area contributed by atoms with Crippen molar-refractivity contribution in [2.75, 3.05) is 0 Å². The molecule has 7 nitrogen and oxygen atoms in total. The second-order valence-corrected chi connectivity index (χ2v) is 6.60. The van der Waals surface area contributed by atoms with Gasteiger partial charge in [0.1, 0.15) is 0 Å². The van der Waals surface area contributed by atoms with E-state index in [1.165, 1.54) is 0 Å². The van der Waals surface area contributed by atoms with E-state index >= 15 is 0 Å². The number of ether oxygens (including phenoxy) is 2. The first-order chi connectivity index (χ1) is 12.3. The van der Waals surface area contributed by atoms with Gasteiger partial charge in [0.05, 0.1) is 29.3 Å². The van der Waals surface area contributed by atoms with Gasteiger partial charge in [-0.05, 0) is 33.8 Å². The van der Waals surface area contributed by atoms with Crippen molar-refractivity contribution in [2.45, 2.75) is 46.4 Å². The van der Waals surface area contributed by atoms with Crippen LogP contribution in [0.4, 0.5) is 9.59 Å². The Hall–Kier alpha value is -2.54. The molecule has 0 saturated heterocycles. The van der Waals surface area contributed by atoms with Crippen LogP contribution in [0.25, 0.3) is 10.9 Å². The standard InChI is InChI=1S/C18H22ClN3O4/c1-11(2)25-17(23)21-22(18(24)26-12(3)4)10-13-6-5-7-14-15(19)8-9-20-16(13)14/h5-9,11-12H,10H2,1-4H3,(H,21,23). The number of hydrogen-bond acceptors (Lipinski definition) is 5. The molecule has 8 heteroatoms. The van der Waals surface area contributed by atoms with Crippen LogP contribution in [0.15, 0.2) is 30.5 Å². The minimum atomic E-state index is -0.744. The van der Waals surface area contributed by atoms with Crippen LogP contribution in [0.3, 0.4) is 0 Å². The molecule has 0 fully saturated rings. The van der Waals surface area contributed by atoms with E-state index in [1.54, 1.807) is 46.0 Å². The number of carbonyl (C=O) groups excluding carboxylic acids is 2. The fraction of sp³-hybridized carbons (Fsp3) is 0.389. The van der Waals surface area contributed by atoms with Crippen LogP contribution in [0.2, 0.25) is 5.02 Å². The maximum absolute atomic E-state index is 12.4. The topological polar surface area (TPSA) is 80.8 Å². The van der Waals surface area contributed by atoms with E-state index in [1.807, 2.05) is 12.1 Å². The number of hydrazine groups is 1. The van der Waals surface area contributed by atoms with Gasteiger partial charge >= 0.3 is 12.2 Å². The lowest BCUT2D eigenvalue weighted by Gasteiger charge is -2.24. The summed E-state index contributed by atoms with van der Waals surface area (Å²) in [5.41, 5.74) is 3.76. The van der Waals surface area contributed by atoms with Crippen LogP contribution in [-0.4, -0.2) is 34.4 Å². The fourth-order valence-corrected chi connectivity index (χ4v) is 2.48. The summed E-state index contributed by atoms with van der Waals surface area (Å²) < 4.78 is 10.2. The first-order valence-electron chi connectivity index (χ1n) is 8.25. The van der Waals surface area contributed by atoms with E-state index in [4.69, 9.17) is 21.1 Å². The van der Waals surface area contributed by atoms with Crippen molar-refractivity contribution in [1.29, 1.82) is 0 Å². The summed E-state index contributed by atoms with van der Waals surface area (Å²) in [6.07, 6.45) is -0.513. The predicted octanol–water partition coefficient (Wildman–Crippen LogP) is 4.28. The lowest BCUT2D eigenvalue weighted by atomic mass is 10.1. The van der Waals surface area contributed by atoms with Gasteiger partial charge in [-0.1, -0.05) is 29.8 Å². The van der Waals surface area contributed by atoms with Gasteiger partial charge in [0.15, 0.2) is 0 Å². The van der Waals surface area contributed by atoms with Crippen molar-refractivity contribution >= 4 is 34.7 Å². The zero-order valence-electron chi connectivity index (χ0n) is 15.2.